The summed E-state index contributed by atoms with van der Waals surface area (Å²) in [5, 5.41) is 0. The van der Waals surface area contributed by atoms with Crippen LogP contribution in [0, 0.1) is 0 Å². The molecular formula is C15H23BrO3Si. The van der Waals surface area contributed by atoms with Crippen molar-refractivity contribution in [3.05, 3.63) is 29.8 Å². The molecule has 0 saturated carbocycles. The molecule has 1 aromatic carbocycles. The maximum absolute atomic E-state index is 12.0. The minimum Gasteiger partial charge on any atom is -0.491 e. The summed E-state index contributed by atoms with van der Waals surface area (Å²) in [7, 11) is -1.47. The molecule has 5 heteroatoms. The molecule has 0 fully saturated rings. The minimum absolute atomic E-state index is 0.0612. The summed E-state index contributed by atoms with van der Waals surface area (Å²) in [6.07, 6.45) is 0. The fourth-order valence-electron chi connectivity index (χ4n) is 1.55. The van der Waals surface area contributed by atoms with Gasteiger partial charge < -0.3 is 9.16 Å². The Labute approximate surface area is 130 Å². The maximum atomic E-state index is 12.0. The van der Waals surface area contributed by atoms with Crippen LogP contribution >= 0.6 is 15.9 Å². The van der Waals surface area contributed by atoms with E-state index < -0.39 is 12.6 Å². The molecule has 0 radical (unpaired) electrons. The smallest absolute Gasteiger partial charge is 0.183 e. The largest absolute Gasteiger partial charge is 0.491 e. The van der Waals surface area contributed by atoms with Gasteiger partial charge in [0.2, 0.25) is 0 Å². The van der Waals surface area contributed by atoms with Crippen LogP contribution in [0.2, 0.25) is 19.6 Å². The minimum atomic E-state index is -1.47. The molecule has 0 heterocycles. The zero-order chi connectivity index (χ0) is 15.4. The molecule has 112 valence electrons. The van der Waals surface area contributed by atoms with Gasteiger partial charge in [-0.3, -0.25) is 4.79 Å². The highest BCUT2D eigenvalue weighted by Crippen LogP contribution is 2.23. The first kappa shape index (κ1) is 17.4. The predicted octanol–water partition coefficient (Wildman–Crippen LogP) is 4.27. The Hall–Kier alpha value is -0.653. The first-order valence-corrected chi connectivity index (χ1v) is 10.9. The maximum Gasteiger partial charge on any atom is 0.183 e. The Bertz CT molecular complexity index is 444. The second-order valence-corrected chi connectivity index (χ2v) is 12.6. The summed E-state index contributed by atoms with van der Waals surface area (Å²) in [6, 6.07) is 7.22. The fraction of sp³-hybridized carbons (Fsp3) is 0.533. The molecular weight excluding hydrogens is 336 g/mol. The number of ether oxygens (including phenoxy) is 1. The van der Waals surface area contributed by atoms with Crippen LogP contribution in [0.1, 0.15) is 24.2 Å². The van der Waals surface area contributed by atoms with Crippen molar-refractivity contribution in [3.63, 3.8) is 0 Å². The van der Waals surface area contributed by atoms with Gasteiger partial charge in [0.25, 0.3) is 0 Å². The molecule has 0 saturated heterocycles. The Morgan fingerprint density at radius 2 is 1.70 bits per heavy atom. The van der Waals surface area contributed by atoms with Crippen LogP contribution in [0.5, 0.6) is 5.75 Å². The number of ketones is 1. The summed E-state index contributed by atoms with van der Waals surface area (Å²) in [4.78, 5) is 12.0. The van der Waals surface area contributed by atoms with E-state index in [1.807, 2.05) is 26.0 Å². The Morgan fingerprint density at radius 3 is 2.15 bits per heavy atom. The Morgan fingerprint density at radius 1 is 1.15 bits per heavy atom. The van der Waals surface area contributed by atoms with E-state index in [4.69, 9.17) is 9.16 Å². The van der Waals surface area contributed by atoms with Crippen LogP contribution in [0.3, 0.4) is 0 Å². The van der Waals surface area contributed by atoms with E-state index in [-0.39, 0.29) is 5.78 Å². The molecule has 0 amide bonds. The molecule has 0 N–H and O–H groups in total. The lowest BCUT2D eigenvalue weighted by molar-refractivity contribution is 0.0961. The highest BCUT2D eigenvalue weighted by molar-refractivity contribution is 9.10. The molecule has 0 aromatic heterocycles. The summed E-state index contributed by atoms with van der Waals surface area (Å²) >= 11 is 3.38. The number of carbonyl (C=O) groups excluding carboxylic acids is 1. The van der Waals surface area contributed by atoms with Crippen molar-refractivity contribution in [2.45, 2.75) is 37.8 Å². The normalized spacial score (nSPS) is 12.3. The zero-order valence-corrected chi connectivity index (χ0v) is 15.4. The lowest BCUT2D eigenvalue weighted by Gasteiger charge is -2.17. The molecule has 0 atom stereocenters. The number of Topliss-reactive ketones (excluding diaryl/α,β-unsaturated/α-hetero) is 1. The summed E-state index contributed by atoms with van der Waals surface area (Å²) in [6.45, 7) is 11.3. The third-order valence-corrected chi connectivity index (χ3v) is 3.97. The van der Waals surface area contributed by atoms with Crippen molar-refractivity contribution in [1.29, 1.82) is 0 Å². The number of alkyl halides is 1. The fourth-order valence-corrected chi connectivity index (χ4v) is 2.48. The molecule has 1 aromatic rings. The summed E-state index contributed by atoms with van der Waals surface area (Å²) in [5.41, 5.74) is 0.678. The van der Waals surface area contributed by atoms with Gasteiger partial charge in [-0.2, -0.15) is 0 Å². The van der Waals surface area contributed by atoms with Gasteiger partial charge in [-0.05, 0) is 57.8 Å². The van der Waals surface area contributed by atoms with E-state index in [1.165, 1.54) is 0 Å². The molecule has 20 heavy (non-hydrogen) atoms. The van der Waals surface area contributed by atoms with Crippen LogP contribution in [-0.2, 0) is 4.43 Å². The van der Waals surface area contributed by atoms with Crippen LogP contribution in [0.4, 0.5) is 0 Å². The van der Waals surface area contributed by atoms with Gasteiger partial charge in [0.05, 0.1) is 10.9 Å². The number of benzene rings is 1. The van der Waals surface area contributed by atoms with Gasteiger partial charge in [-0.15, -0.1) is 0 Å². The van der Waals surface area contributed by atoms with Gasteiger partial charge in [-0.1, -0.05) is 15.9 Å². The van der Waals surface area contributed by atoms with Gasteiger partial charge in [0, 0.05) is 5.56 Å². The van der Waals surface area contributed by atoms with Gasteiger partial charge >= 0.3 is 0 Å². The third kappa shape index (κ3) is 6.20. The second kappa shape index (κ2) is 6.87. The van der Waals surface area contributed by atoms with Crippen molar-refractivity contribution >= 4 is 30.0 Å². The molecule has 0 spiro atoms. The summed E-state index contributed by atoms with van der Waals surface area (Å²) < 4.78 is 10.8. The Balaban J connectivity index is 2.49. The van der Waals surface area contributed by atoms with Crippen molar-refractivity contribution in [3.8, 4) is 5.75 Å². The standard InChI is InChI=1S/C15H23BrO3Si/c1-15(2,16)14(17)12-6-8-13(9-7-12)18-10-11-19-20(3,4)5/h6-9H,10-11H2,1-5H3. The van der Waals surface area contributed by atoms with E-state index in [0.717, 1.165) is 5.75 Å². The van der Waals surface area contributed by atoms with E-state index in [1.54, 1.807) is 12.1 Å². The average Bonchev–Trinajstić information content (AvgIpc) is 2.32. The quantitative estimate of drug-likeness (QED) is 0.316. The van der Waals surface area contributed by atoms with Gasteiger partial charge in [-0.25, -0.2) is 0 Å². The molecule has 0 bridgehead atoms. The van der Waals surface area contributed by atoms with Gasteiger partial charge in [0.1, 0.15) is 12.4 Å². The third-order valence-electron chi connectivity index (χ3n) is 2.54. The first-order valence-electron chi connectivity index (χ1n) is 6.70. The molecule has 0 aliphatic heterocycles. The van der Waals surface area contributed by atoms with Crippen molar-refractivity contribution < 1.29 is 14.0 Å². The van der Waals surface area contributed by atoms with Crippen molar-refractivity contribution in [2.75, 3.05) is 13.2 Å². The molecule has 0 aliphatic rings. The number of carbonyl (C=O) groups is 1. The van der Waals surface area contributed by atoms with E-state index in [0.29, 0.717) is 18.8 Å². The molecule has 3 nitrogen and oxygen atoms in total. The SMILES string of the molecule is CC(C)(Br)C(=O)c1ccc(OCCO[Si](C)(C)C)cc1. The molecule has 1 rings (SSSR count). The van der Waals surface area contributed by atoms with Crippen molar-refractivity contribution in [1.82, 2.24) is 0 Å². The van der Waals surface area contributed by atoms with E-state index in [9.17, 15) is 4.79 Å². The summed E-state index contributed by atoms with van der Waals surface area (Å²) in [5.74, 6) is 0.819. The average molecular weight is 359 g/mol. The van der Waals surface area contributed by atoms with Crippen LogP contribution in [0.15, 0.2) is 24.3 Å². The van der Waals surface area contributed by atoms with Gasteiger partial charge in [0.15, 0.2) is 14.1 Å². The van der Waals surface area contributed by atoms with Crippen LogP contribution in [-0.4, -0.2) is 31.6 Å². The number of halogens is 1. The highest BCUT2D eigenvalue weighted by atomic mass is 79.9. The van der Waals surface area contributed by atoms with Crippen LogP contribution < -0.4 is 4.74 Å². The number of hydrogen-bond acceptors (Lipinski definition) is 3. The highest BCUT2D eigenvalue weighted by Gasteiger charge is 2.24. The molecule has 0 aliphatic carbocycles. The topological polar surface area (TPSA) is 35.5 Å². The van der Waals surface area contributed by atoms with E-state index >= 15 is 0 Å². The number of hydrogen-bond donors (Lipinski definition) is 0. The van der Waals surface area contributed by atoms with Crippen LogP contribution in [0.25, 0.3) is 0 Å². The second-order valence-electron chi connectivity index (χ2n) is 6.14. The first-order chi connectivity index (χ1) is 9.09. The predicted molar refractivity (Wildman–Crippen MR) is 88.6 cm³/mol. The lowest BCUT2D eigenvalue weighted by Crippen LogP contribution is -2.27. The van der Waals surface area contributed by atoms with Crippen molar-refractivity contribution in [2.24, 2.45) is 0 Å². The van der Waals surface area contributed by atoms with E-state index in [2.05, 4.69) is 35.6 Å². The number of rotatable bonds is 7. The monoisotopic (exact) mass is 358 g/mol. The zero-order valence-electron chi connectivity index (χ0n) is 12.8. The lowest BCUT2D eigenvalue weighted by atomic mass is 10.0. The Kier molecular flexibility index (Phi) is 5.98. The molecule has 0 unspecified atom stereocenters.